The van der Waals surface area contributed by atoms with Crippen molar-refractivity contribution in [3.05, 3.63) is 23.8 Å². The van der Waals surface area contributed by atoms with E-state index >= 15 is 0 Å². The van der Waals surface area contributed by atoms with Gasteiger partial charge in [-0.3, -0.25) is 0 Å². The summed E-state index contributed by atoms with van der Waals surface area (Å²) < 4.78 is 5.53. The molecule has 0 bridgehead atoms. The summed E-state index contributed by atoms with van der Waals surface area (Å²) in [7, 11) is 0. The van der Waals surface area contributed by atoms with Crippen molar-refractivity contribution in [3.63, 3.8) is 0 Å². The van der Waals surface area contributed by atoms with Crippen LogP contribution in [0.1, 0.15) is 31.7 Å². The zero-order valence-electron chi connectivity index (χ0n) is 11.0. The molecule has 18 heavy (non-hydrogen) atoms. The molecule has 2 aliphatic rings. The molecule has 1 saturated heterocycles. The Hall–Kier alpha value is -1.22. The Labute approximate surface area is 109 Å². The molecule has 3 rings (SSSR count). The molecule has 0 amide bonds. The normalized spacial score (nSPS) is 23.5. The fourth-order valence-electron chi connectivity index (χ4n) is 3.00. The highest BCUT2D eigenvalue weighted by molar-refractivity contribution is 5.52. The topological polar surface area (TPSA) is 33.3 Å². The number of fused-ring (bicyclic) bond motifs is 1. The predicted molar refractivity (Wildman–Crippen MR) is 74.4 cm³/mol. The second kappa shape index (κ2) is 5.19. The zero-order valence-corrected chi connectivity index (χ0v) is 11.0. The molecule has 1 aromatic rings. The molecule has 2 N–H and O–H groups in total. The second-order valence-electron chi connectivity index (χ2n) is 5.50. The van der Waals surface area contributed by atoms with Crippen molar-refractivity contribution in [1.82, 2.24) is 5.32 Å². The molecule has 2 unspecified atom stereocenters. The van der Waals surface area contributed by atoms with Gasteiger partial charge in [-0.2, -0.15) is 0 Å². The lowest BCUT2D eigenvalue weighted by Gasteiger charge is -2.19. The molecule has 3 heteroatoms. The number of anilines is 1. The van der Waals surface area contributed by atoms with Crippen LogP contribution in [0.15, 0.2) is 18.2 Å². The number of hydrogen-bond acceptors (Lipinski definition) is 3. The first-order valence-electron chi connectivity index (χ1n) is 7.07. The monoisotopic (exact) mass is 246 g/mol. The van der Waals surface area contributed by atoms with Crippen LogP contribution in [0, 0.1) is 0 Å². The first-order valence-corrected chi connectivity index (χ1v) is 7.07. The fraction of sp³-hybridized carbons (Fsp3) is 0.600. The summed E-state index contributed by atoms with van der Waals surface area (Å²) >= 11 is 0. The van der Waals surface area contributed by atoms with Gasteiger partial charge in [-0.1, -0.05) is 0 Å². The minimum atomic E-state index is 0.515. The first kappa shape index (κ1) is 11.8. The minimum Gasteiger partial charge on any atom is -0.493 e. The maximum Gasteiger partial charge on any atom is 0.122 e. The van der Waals surface area contributed by atoms with Crippen molar-refractivity contribution in [3.8, 4) is 5.75 Å². The third-order valence-corrected chi connectivity index (χ3v) is 3.90. The van der Waals surface area contributed by atoms with Gasteiger partial charge in [-0.15, -0.1) is 0 Å². The van der Waals surface area contributed by atoms with Gasteiger partial charge in [0.15, 0.2) is 0 Å². The molecule has 0 radical (unpaired) electrons. The van der Waals surface area contributed by atoms with Gasteiger partial charge in [0.05, 0.1) is 6.61 Å². The molecule has 1 fully saturated rings. The van der Waals surface area contributed by atoms with Gasteiger partial charge in [0.2, 0.25) is 0 Å². The van der Waals surface area contributed by atoms with Gasteiger partial charge in [-0.25, -0.2) is 0 Å². The standard InChI is InChI=1S/C15H22N2O/c1-11(9-13-3-2-7-16-13)17-14-4-5-15-12(10-14)6-8-18-15/h4-5,10-11,13,16-17H,2-3,6-9H2,1H3. The van der Waals surface area contributed by atoms with E-state index in [0.29, 0.717) is 12.1 Å². The van der Waals surface area contributed by atoms with Gasteiger partial charge in [0, 0.05) is 24.2 Å². The van der Waals surface area contributed by atoms with Crippen molar-refractivity contribution >= 4 is 5.69 Å². The SMILES string of the molecule is CC(CC1CCCN1)Nc1ccc2c(c1)CCO2. The van der Waals surface area contributed by atoms with E-state index < -0.39 is 0 Å². The van der Waals surface area contributed by atoms with Gasteiger partial charge < -0.3 is 15.4 Å². The van der Waals surface area contributed by atoms with E-state index in [9.17, 15) is 0 Å². The van der Waals surface area contributed by atoms with E-state index in [1.807, 2.05) is 0 Å². The summed E-state index contributed by atoms with van der Waals surface area (Å²) in [4.78, 5) is 0. The highest BCUT2D eigenvalue weighted by Crippen LogP contribution is 2.28. The lowest BCUT2D eigenvalue weighted by Crippen LogP contribution is -2.29. The van der Waals surface area contributed by atoms with Gasteiger partial charge in [0.1, 0.15) is 5.75 Å². The fourth-order valence-corrected chi connectivity index (χ4v) is 3.00. The Bertz CT molecular complexity index is 413. The molecule has 3 nitrogen and oxygen atoms in total. The summed E-state index contributed by atoms with van der Waals surface area (Å²) in [5.41, 5.74) is 2.57. The Balaban J connectivity index is 1.58. The molecule has 2 heterocycles. The minimum absolute atomic E-state index is 0.515. The average Bonchev–Trinajstić information content (AvgIpc) is 2.98. The smallest absolute Gasteiger partial charge is 0.122 e. The van der Waals surface area contributed by atoms with Gasteiger partial charge in [0.25, 0.3) is 0 Å². The Kier molecular flexibility index (Phi) is 3.41. The lowest BCUT2D eigenvalue weighted by molar-refractivity contribution is 0.357. The number of nitrogens with one attached hydrogen (secondary N) is 2. The molecular formula is C15H22N2O. The summed E-state index contributed by atoms with van der Waals surface area (Å²) in [5.74, 6) is 1.06. The molecule has 98 valence electrons. The van der Waals surface area contributed by atoms with Crippen LogP contribution in [-0.4, -0.2) is 25.2 Å². The maximum absolute atomic E-state index is 5.53. The Morgan fingerprint density at radius 2 is 2.44 bits per heavy atom. The van der Waals surface area contributed by atoms with E-state index in [4.69, 9.17) is 4.74 Å². The second-order valence-corrected chi connectivity index (χ2v) is 5.50. The number of rotatable bonds is 4. The highest BCUT2D eigenvalue weighted by Gasteiger charge is 2.17. The van der Waals surface area contributed by atoms with E-state index in [1.165, 1.54) is 37.1 Å². The van der Waals surface area contributed by atoms with Crippen molar-refractivity contribution in [2.45, 2.75) is 44.7 Å². The van der Waals surface area contributed by atoms with Crippen molar-refractivity contribution < 1.29 is 4.74 Å². The van der Waals surface area contributed by atoms with E-state index in [1.54, 1.807) is 0 Å². The van der Waals surface area contributed by atoms with Gasteiger partial charge >= 0.3 is 0 Å². The predicted octanol–water partition coefficient (Wildman–Crippen LogP) is 2.56. The van der Waals surface area contributed by atoms with Gasteiger partial charge in [-0.05, 0) is 56.5 Å². The Morgan fingerprint density at radius 3 is 3.28 bits per heavy atom. The largest absolute Gasteiger partial charge is 0.493 e. The molecule has 0 aromatic heterocycles. The highest BCUT2D eigenvalue weighted by atomic mass is 16.5. The number of hydrogen-bond donors (Lipinski definition) is 2. The quantitative estimate of drug-likeness (QED) is 0.856. The van der Waals surface area contributed by atoms with Crippen LogP contribution in [0.25, 0.3) is 0 Å². The molecular weight excluding hydrogens is 224 g/mol. The van der Waals surface area contributed by atoms with E-state index in [-0.39, 0.29) is 0 Å². The van der Waals surface area contributed by atoms with Crippen LogP contribution in [-0.2, 0) is 6.42 Å². The van der Waals surface area contributed by atoms with E-state index in [0.717, 1.165) is 18.8 Å². The van der Waals surface area contributed by atoms with Crippen LogP contribution in [0.2, 0.25) is 0 Å². The lowest BCUT2D eigenvalue weighted by atomic mass is 10.1. The van der Waals surface area contributed by atoms with Crippen molar-refractivity contribution in [2.24, 2.45) is 0 Å². The molecule has 0 aliphatic carbocycles. The maximum atomic E-state index is 5.53. The van der Waals surface area contributed by atoms with Crippen LogP contribution >= 0.6 is 0 Å². The summed E-state index contributed by atoms with van der Waals surface area (Å²) in [6, 6.07) is 7.67. The van der Waals surface area contributed by atoms with Crippen molar-refractivity contribution in [1.29, 1.82) is 0 Å². The summed E-state index contributed by atoms with van der Waals surface area (Å²) in [6.07, 6.45) is 4.90. The third-order valence-electron chi connectivity index (χ3n) is 3.90. The van der Waals surface area contributed by atoms with Crippen LogP contribution in [0.5, 0.6) is 5.75 Å². The number of benzene rings is 1. The summed E-state index contributed by atoms with van der Waals surface area (Å²) in [5, 5.41) is 7.16. The molecule has 2 atom stereocenters. The average molecular weight is 246 g/mol. The van der Waals surface area contributed by atoms with Crippen LogP contribution in [0.4, 0.5) is 5.69 Å². The third kappa shape index (κ3) is 2.61. The Morgan fingerprint density at radius 1 is 1.50 bits per heavy atom. The molecule has 2 aliphatic heterocycles. The van der Waals surface area contributed by atoms with Crippen LogP contribution < -0.4 is 15.4 Å². The molecule has 0 saturated carbocycles. The number of ether oxygens (including phenoxy) is 1. The molecule has 1 aromatic carbocycles. The zero-order chi connectivity index (χ0) is 12.4. The summed E-state index contributed by atoms with van der Waals surface area (Å²) in [6.45, 7) is 4.29. The van der Waals surface area contributed by atoms with Crippen LogP contribution in [0.3, 0.4) is 0 Å². The first-order chi connectivity index (χ1) is 8.81. The molecule has 0 spiro atoms. The van der Waals surface area contributed by atoms with Crippen molar-refractivity contribution in [2.75, 3.05) is 18.5 Å². The van der Waals surface area contributed by atoms with E-state index in [2.05, 4.69) is 35.8 Å².